The van der Waals surface area contributed by atoms with Crippen LogP contribution < -0.4 is 10.1 Å². The standard InChI is InChI=1S/C18H22N6O2/c1-11(2)26-15-7-4-13(5-8-15)24-17-16(22-23-24)10-19-18(21-17)20-12-3-6-14(25)9-12/h4-5,7-8,10-12,14,25H,3,6,9H2,1-2H3,(H,19,20,21)/t12-,14-/m0/s1. The summed E-state index contributed by atoms with van der Waals surface area (Å²) >= 11 is 0. The number of aromatic nitrogens is 5. The van der Waals surface area contributed by atoms with Gasteiger partial charge < -0.3 is 15.2 Å². The Morgan fingerprint density at radius 2 is 2.04 bits per heavy atom. The number of hydrogen-bond donors (Lipinski definition) is 2. The minimum Gasteiger partial charge on any atom is -0.491 e. The SMILES string of the molecule is CC(C)Oc1ccc(-n2nnc3cnc(N[C@H]4CC[C@H](O)C4)nc32)cc1. The zero-order valence-electron chi connectivity index (χ0n) is 14.8. The molecule has 2 heterocycles. The highest BCUT2D eigenvalue weighted by Crippen LogP contribution is 2.23. The molecular formula is C18H22N6O2. The number of benzene rings is 1. The molecule has 1 aromatic carbocycles. The number of aliphatic hydroxyl groups excluding tert-OH is 1. The molecule has 8 heteroatoms. The maximum absolute atomic E-state index is 9.67. The lowest BCUT2D eigenvalue weighted by atomic mass is 10.2. The lowest BCUT2D eigenvalue weighted by Gasteiger charge is -2.12. The van der Waals surface area contributed by atoms with Gasteiger partial charge in [0.15, 0.2) is 11.2 Å². The number of nitrogens with zero attached hydrogens (tertiary/aromatic N) is 5. The fourth-order valence-corrected chi connectivity index (χ4v) is 3.18. The average molecular weight is 354 g/mol. The molecule has 0 bridgehead atoms. The maximum atomic E-state index is 9.67. The van der Waals surface area contributed by atoms with Crippen LogP contribution in [0, 0.1) is 0 Å². The second-order valence-electron chi connectivity index (χ2n) is 6.87. The van der Waals surface area contributed by atoms with Gasteiger partial charge in [0.05, 0.1) is 24.1 Å². The van der Waals surface area contributed by atoms with Crippen LogP contribution in [0.5, 0.6) is 5.75 Å². The van der Waals surface area contributed by atoms with Crippen molar-refractivity contribution >= 4 is 17.1 Å². The van der Waals surface area contributed by atoms with E-state index in [-0.39, 0.29) is 18.2 Å². The van der Waals surface area contributed by atoms with Gasteiger partial charge in [-0.05, 0) is 57.4 Å². The Morgan fingerprint density at radius 3 is 2.73 bits per heavy atom. The van der Waals surface area contributed by atoms with Crippen molar-refractivity contribution in [1.82, 2.24) is 25.0 Å². The van der Waals surface area contributed by atoms with Crippen molar-refractivity contribution in [3.8, 4) is 11.4 Å². The number of nitrogens with one attached hydrogen (secondary N) is 1. The second kappa shape index (κ2) is 6.87. The van der Waals surface area contributed by atoms with Crippen LogP contribution in [-0.2, 0) is 0 Å². The normalized spacial score (nSPS) is 20.0. The monoisotopic (exact) mass is 354 g/mol. The van der Waals surface area contributed by atoms with Crippen molar-refractivity contribution < 1.29 is 9.84 Å². The number of ether oxygens (including phenoxy) is 1. The third-order valence-electron chi connectivity index (χ3n) is 4.38. The Morgan fingerprint density at radius 1 is 1.23 bits per heavy atom. The first-order valence-corrected chi connectivity index (χ1v) is 8.88. The van der Waals surface area contributed by atoms with Crippen LogP contribution in [0.1, 0.15) is 33.1 Å². The van der Waals surface area contributed by atoms with Crippen molar-refractivity contribution in [1.29, 1.82) is 0 Å². The molecule has 4 rings (SSSR count). The molecule has 0 radical (unpaired) electrons. The maximum Gasteiger partial charge on any atom is 0.225 e. The molecule has 1 fully saturated rings. The molecule has 2 aromatic heterocycles. The Labute approximate surface area is 151 Å². The van der Waals surface area contributed by atoms with E-state index in [1.165, 1.54) is 0 Å². The van der Waals surface area contributed by atoms with E-state index < -0.39 is 0 Å². The molecule has 0 spiro atoms. The fraction of sp³-hybridized carbons (Fsp3) is 0.444. The summed E-state index contributed by atoms with van der Waals surface area (Å²) in [6.07, 6.45) is 3.99. The van der Waals surface area contributed by atoms with Crippen LogP contribution in [0.4, 0.5) is 5.95 Å². The van der Waals surface area contributed by atoms with E-state index in [4.69, 9.17) is 4.74 Å². The van der Waals surface area contributed by atoms with Gasteiger partial charge in [-0.3, -0.25) is 0 Å². The minimum absolute atomic E-state index is 0.128. The van der Waals surface area contributed by atoms with Gasteiger partial charge in [0, 0.05) is 6.04 Å². The van der Waals surface area contributed by atoms with Crippen molar-refractivity contribution in [2.45, 2.75) is 51.4 Å². The molecule has 1 saturated carbocycles. The van der Waals surface area contributed by atoms with Crippen LogP contribution in [0.3, 0.4) is 0 Å². The summed E-state index contributed by atoms with van der Waals surface area (Å²) in [6, 6.07) is 7.86. The molecule has 0 amide bonds. The third-order valence-corrected chi connectivity index (χ3v) is 4.38. The number of anilines is 1. The highest BCUT2D eigenvalue weighted by atomic mass is 16.5. The predicted molar refractivity (Wildman–Crippen MR) is 97.5 cm³/mol. The van der Waals surface area contributed by atoms with Crippen LogP contribution in [0.25, 0.3) is 16.9 Å². The summed E-state index contributed by atoms with van der Waals surface area (Å²) < 4.78 is 7.36. The van der Waals surface area contributed by atoms with Crippen molar-refractivity contribution in [3.05, 3.63) is 30.5 Å². The van der Waals surface area contributed by atoms with Crippen LogP contribution in [0.2, 0.25) is 0 Å². The summed E-state index contributed by atoms with van der Waals surface area (Å²) in [5.41, 5.74) is 2.12. The first-order chi connectivity index (χ1) is 12.6. The van der Waals surface area contributed by atoms with Gasteiger partial charge in [0.2, 0.25) is 5.95 Å². The summed E-state index contributed by atoms with van der Waals surface area (Å²) in [4.78, 5) is 8.88. The summed E-state index contributed by atoms with van der Waals surface area (Å²) in [5.74, 6) is 1.34. The molecule has 136 valence electrons. The van der Waals surface area contributed by atoms with Gasteiger partial charge in [-0.25, -0.2) is 4.98 Å². The number of fused-ring (bicyclic) bond motifs is 1. The lowest BCUT2D eigenvalue weighted by Crippen LogP contribution is -2.18. The molecule has 1 aliphatic carbocycles. The largest absolute Gasteiger partial charge is 0.491 e. The first-order valence-electron chi connectivity index (χ1n) is 8.88. The molecule has 3 aromatic rings. The highest BCUT2D eigenvalue weighted by Gasteiger charge is 2.23. The Hall–Kier alpha value is -2.74. The quantitative estimate of drug-likeness (QED) is 0.725. The minimum atomic E-state index is -0.241. The zero-order valence-corrected chi connectivity index (χ0v) is 14.8. The van der Waals surface area contributed by atoms with E-state index in [9.17, 15) is 5.11 Å². The predicted octanol–water partition coefficient (Wildman–Crippen LogP) is 2.32. The lowest BCUT2D eigenvalue weighted by molar-refractivity contribution is 0.182. The van der Waals surface area contributed by atoms with Gasteiger partial charge >= 0.3 is 0 Å². The Bertz CT molecular complexity index is 892. The molecule has 2 atom stereocenters. The topological polar surface area (TPSA) is 98.0 Å². The highest BCUT2D eigenvalue weighted by molar-refractivity contribution is 5.72. The average Bonchev–Trinajstić information content (AvgIpc) is 3.21. The molecule has 0 aliphatic heterocycles. The van der Waals surface area contributed by atoms with E-state index in [0.29, 0.717) is 17.1 Å². The molecule has 1 aliphatic rings. The van der Waals surface area contributed by atoms with E-state index in [0.717, 1.165) is 30.7 Å². The Kier molecular flexibility index (Phi) is 4.42. The van der Waals surface area contributed by atoms with Crippen molar-refractivity contribution in [2.75, 3.05) is 5.32 Å². The van der Waals surface area contributed by atoms with E-state index in [2.05, 4.69) is 25.6 Å². The van der Waals surface area contributed by atoms with Crippen LogP contribution in [-0.4, -0.2) is 48.3 Å². The first kappa shape index (κ1) is 16.7. The van der Waals surface area contributed by atoms with E-state index in [1.807, 2.05) is 38.1 Å². The molecule has 8 nitrogen and oxygen atoms in total. The van der Waals surface area contributed by atoms with E-state index >= 15 is 0 Å². The molecule has 0 saturated heterocycles. The van der Waals surface area contributed by atoms with Crippen LogP contribution in [0.15, 0.2) is 30.5 Å². The third kappa shape index (κ3) is 3.45. The zero-order chi connectivity index (χ0) is 18.1. The van der Waals surface area contributed by atoms with Crippen molar-refractivity contribution in [2.24, 2.45) is 0 Å². The fourth-order valence-electron chi connectivity index (χ4n) is 3.18. The Balaban J connectivity index is 1.60. The molecular weight excluding hydrogens is 332 g/mol. The van der Waals surface area contributed by atoms with Gasteiger partial charge in [-0.15, -0.1) is 5.10 Å². The smallest absolute Gasteiger partial charge is 0.225 e. The van der Waals surface area contributed by atoms with Gasteiger partial charge in [-0.2, -0.15) is 9.67 Å². The van der Waals surface area contributed by atoms with Crippen molar-refractivity contribution in [3.63, 3.8) is 0 Å². The summed E-state index contributed by atoms with van der Waals surface area (Å²) in [6.45, 7) is 3.99. The summed E-state index contributed by atoms with van der Waals surface area (Å²) in [5, 5.41) is 21.3. The van der Waals surface area contributed by atoms with Gasteiger partial charge in [0.25, 0.3) is 0 Å². The van der Waals surface area contributed by atoms with Crippen LogP contribution >= 0.6 is 0 Å². The van der Waals surface area contributed by atoms with E-state index in [1.54, 1.807) is 10.9 Å². The van der Waals surface area contributed by atoms with Gasteiger partial charge in [-0.1, -0.05) is 5.21 Å². The number of hydrogen-bond acceptors (Lipinski definition) is 7. The second-order valence-corrected chi connectivity index (χ2v) is 6.87. The molecule has 26 heavy (non-hydrogen) atoms. The number of rotatable bonds is 5. The molecule has 2 N–H and O–H groups in total. The number of aliphatic hydroxyl groups is 1. The molecule has 0 unspecified atom stereocenters. The van der Waals surface area contributed by atoms with Gasteiger partial charge in [0.1, 0.15) is 5.75 Å². The summed E-state index contributed by atoms with van der Waals surface area (Å²) in [7, 11) is 0.